The van der Waals surface area contributed by atoms with Gasteiger partial charge in [-0.3, -0.25) is 9.69 Å². The summed E-state index contributed by atoms with van der Waals surface area (Å²) in [6.45, 7) is 8.86. The summed E-state index contributed by atoms with van der Waals surface area (Å²) in [6, 6.07) is 11.0. The lowest BCUT2D eigenvalue weighted by molar-refractivity contribution is -0.137. The van der Waals surface area contributed by atoms with Crippen LogP contribution in [0, 0.1) is 5.92 Å². The van der Waals surface area contributed by atoms with Crippen molar-refractivity contribution in [3.63, 3.8) is 0 Å². The van der Waals surface area contributed by atoms with E-state index < -0.39 is 11.7 Å². The number of carbonyl (C=O) groups excluding carboxylic acids is 1. The van der Waals surface area contributed by atoms with Gasteiger partial charge in [-0.2, -0.15) is 13.2 Å². The number of ether oxygens (including phenoxy) is 3. The molecule has 1 fully saturated rings. The lowest BCUT2D eigenvalue weighted by atomic mass is 9.96. The van der Waals surface area contributed by atoms with Crippen molar-refractivity contribution < 1.29 is 32.2 Å². The molecule has 2 aliphatic rings. The molecule has 41 heavy (non-hydrogen) atoms. The van der Waals surface area contributed by atoms with Crippen molar-refractivity contribution in [2.75, 3.05) is 26.5 Å². The molecule has 1 unspecified atom stereocenters. The third-order valence-electron chi connectivity index (χ3n) is 7.13. The molecule has 0 bridgehead atoms. The van der Waals surface area contributed by atoms with E-state index in [0.717, 1.165) is 24.5 Å². The van der Waals surface area contributed by atoms with Gasteiger partial charge in [0.25, 0.3) is 5.91 Å². The van der Waals surface area contributed by atoms with Gasteiger partial charge >= 0.3 is 6.18 Å². The highest BCUT2D eigenvalue weighted by Crippen LogP contribution is 2.34. The number of hydrogen-bond donors (Lipinski definition) is 0. The first-order chi connectivity index (χ1) is 19.7. The third-order valence-corrected chi connectivity index (χ3v) is 7.96. The predicted octanol–water partition coefficient (Wildman–Crippen LogP) is 6.50. The minimum Gasteiger partial charge on any atom is -0.498 e. The number of likely N-dealkylation sites (tertiary alicyclic amines) is 1. The first-order valence-corrected chi connectivity index (χ1v) is 14.4. The largest absolute Gasteiger partial charge is 0.498 e. The molecule has 3 heterocycles. The minimum atomic E-state index is -4.43. The zero-order chi connectivity index (χ0) is 29.0. The first kappa shape index (κ1) is 28.9. The molecule has 0 saturated carbocycles. The van der Waals surface area contributed by atoms with E-state index in [1.165, 1.54) is 23.5 Å². The molecule has 218 valence electrons. The van der Waals surface area contributed by atoms with Gasteiger partial charge < -0.3 is 19.1 Å². The maximum atomic E-state index is 13.4. The first-order valence-electron chi connectivity index (χ1n) is 13.5. The number of benzene rings is 2. The van der Waals surface area contributed by atoms with Gasteiger partial charge in [0.2, 0.25) is 6.79 Å². The van der Waals surface area contributed by atoms with Crippen molar-refractivity contribution >= 4 is 17.2 Å². The average Bonchev–Trinajstić information content (AvgIpc) is 3.62. The number of halogens is 3. The number of fused-ring (bicyclic) bond motifs is 1. The van der Waals surface area contributed by atoms with Gasteiger partial charge in [-0.1, -0.05) is 30.8 Å². The molecule has 1 amide bonds. The van der Waals surface area contributed by atoms with Crippen molar-refractivity contribution in [3.05, 3.63) is 87.6 Å². The van der Waals surface area contributed by atoms with Crippen molar-refractivity contribution in [2.45, 2.75) is 45.6 Å². The molecule has 5 rings (SSSR count). The van der Waals surface area contributed by atoms with Crippen molar-refractivity contribution in [1.82, 2.24) is 14.8 Å². The molecule has 1 atom stereocenters. The predicted molar refractivity (Wildman–Crippen MR) is 148 cm³/mol. The summed E-state index contributed by atoms with van der Waals surface area (Å²) < 4.78 is 56.6. The highest BCUT2D eigenvalue weighted by Gasteiger charge is 2.31. The fourth-order valence-corrected chi connectivity index (χ4v) is 5.94. The summed E-state index contributed by atoms with van der Waals surface area (Å²) in [5.74, 6) is 1.95. The number of piperidine rings is 1. The van der Waals surface area contributed by atoms with Crippen LogP contribution in [0.2, 0.25) is 0 Å². The summed E-state index contributed by atoms with van der Waals surface area (Å²) in [6.07, 6.45) is -2.64. The quantitative estimate of drug-likeness (QED) is 0.253. The van der Waals surface area contributed by atoms with Crippen LogP contribution in [0.25, 0.3) is 0 Å². The monoisotopic (exact) mass is 587 g/mol. The Morgan fingerprint density at radius 3 is 2.71 bits per heavy atom. The van der Waals surface area contributed by atoms with Crippen LogP contribution >= 0.6 is 11.3 Å². The Balaban J connectivity index is 1.32. The van der Waals surface area contributed by atoms with Gasteiger partial charge in [-0.15, -0.1) is 11.3 Å². The molecule has 1 saturated heterocycles. The Morgan fingerprint density at radius 1 is 1.15 bits per heavy atom. The molecule has 0 spiro atoms. The van der Waals surface area contributed by atoms with E-state index in [1.807, 2.05) is 30.0 Å². The Hall–Kier alpha value is -3.57. The lowest BCUT2D eigenvalue weighted by Gasteiger charge is -2.33. The number of amides is 1. The second kappa shape index (κ2) is 12.5. The van der Waals surface area contributed by atoms with Crippen LogP contribution in [0.5, 0.6) is 11.5 Å². The number of aromatic nitrogens is 1. The zero-order valence-corrected chi connectivity index (χ0v) is 23.6. The van der Waals surface area contributed by atoms with E-state index in [2.05, 4.69) is 11.6 Å². The molecule has 0 radical (unpaired) electrons. The normalized spacial score (nSPS) is 16.7. The number of hydrogen-bond acceptors (Lipinski definition) is 7. The number of rotatable bonds is 10. The average molecular weight is 588 g/mol. The molecule has 11 heteroatoms. The van der Waals surface area contributed by atoms with Crippen LogP contribution in [0.3, 0.4) is 0 Å². The highest BCUT2D eigenvalue weighted by atomic mass is 32.1. The Labute approximate surface area is 241 Å². The number of nitrogens with zero attached hydrogens (tertiary/aromatic N) is 3. The summed E-state index contributed by atoms with van der Waals surface area (Å²) in [5.41, 5.74) is 1.13. The van der Waals surface area contributed by atoms with Crippen LogP contribution in [0.1, 0.15) is 52.0 Å². The SMILES string of the molecule is C=C(OCC)C1CCCN(C(=O)c2csc(CN(Cc3cccc(C(F)(F)F)c3)Cc3ccc4c(c3)OCO4)n2)C1. The van der Waals surface area contributed by atoms with Crippen molar-refractivity contribution in [1.29, 1.82) is 0 Å². The highest BCUT2D eigenvalue weighted by molar-refractivity contribution is 7.09. The van der Waals surface area contributed by atoms with Gasteiger partial charge in [0, 0.05) is 37.5 Å². The van der Waals surface area contributed by atoms with E-state index in [4.69, 9.17) is 14.2 Å². The fourth-order valence-electron chi connectivity index (χ4n) is 5.13. The molecular weight excluding hydrogens is 555 g/mol. The van der Waals surface area contributed by atoms with Crippen LogP contribution < -0.4 is 9.47 Å². The smallest absolute Gasteiger partial charge is 0.416 e. The van der Waals surface area contributed by atoms with Gasteiger partial charge in [0.05, 0.1) is 24.5 Å². The summed E-state index contributed by atoms with van der Waals surface area (Å²) in [5, 5.41) is 2.45. The molecule has 2 aliphatic heterocycles. The second-order valence-electron chi connectivity index (χ2n) is 10.1. The molecule has 0 aliphatic carbocycles. The number of thiazole rings is 1. The molecular formula is C30H32F3N3O4S. The second-order valence-corrected chi connectivity index (χ2v) is 11.1. The summed E-state index contributed by atoms with van der Waals surface area (Å²) in [7, 11) is 0. The standard InChI is InChI=1S/C30H32F3N3O4S/c1-3-38-20(2)23-7-5-11-36(16-23)29(37)25-18-41-28(34-25)17-35(14-21-6-4-8-24(12-21)30(31,32)33)15-22-9-10-26-27(13-22)40-19-39-26/h4,6,8-10,12-13,18,23H,2-3,5,7,11,14-17,19H2,1H3. The van der Waals surface area contributed by atoms with E-state index in [9.17, 15) is 18.0 Å². The maximum Gasteiger partial charge on any atom is 0.416 e. The Bertz CT molecular complexity index is 1390. The van der Waals surface area contributed by atoms with Gasteiger partial charge in [-0.25, -0.2) is 4.98 Å². The molecule has 1 aromatic heterocycles. The fraction of sp³-hybridized carbons (Fsp3) is 0.400. The van der Waals surface area contributed by atoms with Crippen LogP contribution in [-0.2, 0) is 30.5 Å². The van der Waals surface area contributed by atoms with E-state index in [-0.39, 0.29) is 25.2 Å². The van der Waals surface area contributed by atoms with E-state index in [1.54, 1.807) is 16.3 Å². The summed E-state index contributed by atoms with van der Waals surface area (Å²) in [4.78, 5) is 21.7. The number of alkyl halides is 3. The van der Waals surface area contributed by atoms with Gasteiger partial charge in [0.15, 0.2) is 11.5 Å². The topological polar surface area (TPSA) is 64.1 Å². The number of carbonyl (C=O) groups is 1. The van der Waals surface area contributed by atoms with E-state index >= 15 is 0 Å². The lowest BCUT2D eigenvalue weighted by Crippen LogP contribution is -2.40. The minimum absolute atomic E-state index is 0.0930. The Kier molecular flexibility index (Phi) is 8.84. The molecule has 7 nitrogen and oxygen atoms in total. The van der Waals surface area contributed by atoms with Gasteiger partial charge in [-0.05, 0) is 49.1 Å². The summed E-state index contributed by atoms with van der Waals surface area (Å²) >= 11 is 1.37. The molecule has 3 aromatic rings. The van der Waals surface area contributed by atoms with Gasteiger partial charge in [0.1, 0.15) is 10.7 Å². The van der Waals surface area contributed by atoms with Crippen LogP contribution in [-0.4, -0.2) is 47.2 Å². The Morgan fingerprint density at radius 2 is 1.93 bits per heavy atom. The van der Waals surface area contributed by atoms with Crippen LogP contribution in [0.4, 0.5) is 13.2 Å². The zero-order valence-electron chi connectivity index (χ0n) is 22.8. The van der Waals surface area contributed by atoms with Crippen molar-refractivity contribution in [2.24, 2.45) is 5.92 Å². The third kappa shape index (κ3) is 7.20. The van der Waals surface area contributed by atoms with Crippen LogP contribution in [0.15, 0.2) is 60.2 Å². The maximum absolute atomic E-state index is 13.4. The molecule has 0 N–H and O–H groups in total. The van der Waals surface area contributed by atoms with E-state index in [0.29, 0.717) is 66.3 Å². The molecule has 2 aromatic carbocycles. The van der Waals surface area contributed by atoms with Crippen molar-refractivity contribution in [3.8, 4) is 11.5 Å².